The van der Waals surface area contributed by atoms with E-state index in [1.807, 2.05) is 0 Å². The van der Waals surface area contributed by atoms with Gasteiger partial charge in [0, 0.05) is 5.02 Å². The first-order valence-electron chi connectivity index (χ1n) is 5.97. The predicted molar refractivity (Wildman–Crippen MR) is 74.6 cm³/mol. The SMILES string of the molecule is O=C(NCCOc1ccc(Cl)cc1)c1ccc([N+](=O)[O-])o1. The topological polar surface area (TPSA) is 94.6 Å². The van der Waals surface area contributed by atoms with Crippen LogP contribution in [0.2, 0.25) is 5.02 Å². The van der Waals surface area contributed by atoms with Crippen molar-refractivity contribution in [2.24, 2.45) is 0 Å². The van der Waals surface area contributed by atoms with E-state index in [0.717, 1.165) is 6.07 Å². The number of amides is 1. The van der Waals surface area contributed by atoms with Crippen LogP contribution in [0, 0.1) is 10.1 Å². The number of hydrogen-bond acceptors (Lipinski definition) is 5. The Bertz CT molecular complexity index is 638. The second kappa shape index (κ2) is 6.76. The first-order valence-corrected chi connectivity index (χ1v) is 6.35. The van der Waals surface area contributed by atoms with Crippen LogP contribution in [0.15, 0.2) is 40.8 Å². The third-order valence-electron chi connectivity index (χ3n) is 2.47. The van der Waals surface area contributed by atoms with Gasteiger partial charge in [0.05, 0.1) is 12.6 Å². The molecule has 0 saturated carbocycles. The summed E-state index contributed by atoms with van der Waals surface area (Å²) in [5.74, 6) is -0.504. The van der Waals surface area contributed by atoms with Crippen LogP contribution >= 0.6 is 11.6 Å². The molecule has 1 aromatic carbocycles. The number of rotatable bonds is 6. The summed E-state index contributed by atoms with van der Waals surface area (Å²) in [5, 5.41) is 13.6. The van der Waals surface area contributed by atoms with Gasteiger partial charge in [-0.3, -0.25) is 14.9 Å². The van der Waals surface area contributed by atoms with Crippen LogP contribution in [0.3, 0.4) is 0 Å². The molecule has 7 nitrogen and oxygen atoms in total. The lowest BCUT2D eigenvalue weighted by Gasteiger charge is -2.06. The molecule has 0 fully saturated rings. The highest BCUT2D eigenvalue weighted by Gasteiger charge is 2.16. The number of nitrogens with zero attached hydrogens (tertiary/aromatic N) is 1. The summed E-state index contributed by atoms with van der Waals surface area (Å²) in [6, 6.07) is 9.17. The molecule has 0 spiro atoms. The van der Waals surface area contributed by atoms with Gasteiger partial charge in [0.15, 0.2) is 5.76 Å². The van der Waals surface area contributed by atoms with Gasteiger partial charge in [0.25, 0.3) is 5.91 Å². The number of carbonyl (C=O) groups is 1. The van der Waals surface area contributed by atoms with Crippen LogP contribution in [0.25, 0.3) is 0 Å². The summed E-state index contributed by atoms with van der Waals surface area (Å²) in [4.78, 5) is 21.4. The molecule has 0 unspecified atom stereocenters. The quantitative estimate of drug-likeness (QED) is 0.503. The van der Waals surface area contributed by atoms with E-state index in [2.05, 4.69) is 5.32 Å². The predicted octanol–water partition coefficient (Wildman–Crippen LogP) is 2.65. The molecular formula is C13H11ClN2O5. The van der Waals surface area contributed by atoms with Crippen molar-refractivity contribution in [1.29, 1.82) is 0 Å². The third-order valence-corrected chi connectivity index (χ3v) is 2.72. The van der Waals surface area contributed by atoms with Crippen molar-refractivity contribution < 1.29 is 18.9 Å². The maximum absolute atomic E-state index is 11.6. The van der Waals surface area contributed by atoms with Crippen molar-refractivity contribution in [3.63, 3.8) is 0 Å². The van der Waals surface area contributed by atoms with E-state index in [-0.39, 0.29) is 18.9 Å². The summed E-state index contributed by atoms with van der Waals surface area (Å²) >= 11 is 5.74. The molecule has 110 valence electrons. The molecule has 0 bridgehead atoms. The normalized spacial score (nSPS) is 10.1. The standard InChI is InChI=1S/C13H11ClN2O5/c14-9-1-3-10(4-2-9)20-8-7-15-13(17)11-5-6-12(21-11)16(18)19/h1-6H,7-8H2,(H,15,17). The number of hydrogen-bond donors (Lipinski definition) is 1. The first kappa shape index (κ1) is 14.9. The van der Waals surface area contributed by atoms with Gasteiger partial charge in [0.2, 0.25) is 0 Å². The summed E-state index contributed by atoms with van der Waals surface area (Å²) < 4.78 is 10.1. The minimum atomic E-state index is -0.708. The first-order chi connectivity index (χ1) is 10.1. The Morgan fingerprint density at radius 2 is 2.00 bits per heavy atom. The molecule has 2 rings (SSSR count). The lowest BCUT2D eigenvalue weighted by molar-refractivity contribution is -0.402. The fraction of sp³-hybridized carbons (Fsp3) is 0.154. The highest BCUT2D eigenvalue weighted by molar-refractivity contribution is 6.30. The summed E-state index contributed by atoms with van der Waals surface area (Å²) in [5.41, 5.74) is 0. The van der Waals surface area contributed by atoms with Gasteiger partial charge < -0.3 is 14.5 Å². The second-order valence-corrected chi connectivity index (χ2v) is 4.39. The molecule has 0 aliphatic heterocycles. The summed E-state index contributed by atoms with van der Waals surface area (Å²) in [6.07, 6.45) is 0. The Balaban J connectivity index is 1.76. The van der Waals surface area contributed by atoms with E-state index in [9.17, 15) is 14.9 Å². The van der Waals surface area contributed by atoms with Gasteiger partial charge in [-0.25, -0.2) is 0 Å². The van der Waals surface area contributed by atoms with Gasteiger partial charge in [-0.15, -0.1) is 0 Å². The van der Waals surface area contributed by atoms with Gasteiger partial charge in [0.1, 0.15) is 17.3 Å². The number of nitrogens with one attached hydrogen (secondary N) is 1. The molecule has 0 saturated heterocycles. The fourth-order valence-corrected chi connectivity index (χ4v) is 1.63. The smallest absolute Gasteiger partial charge is 0.433 e. The van der Waals surface area contributed by atoms with Crippen molar-refractivity contribution >= 4 is 23.4 Å². The molecule has 2 aromatic rings. The molecular weight excluding hydrogens is 300 g/mol. The van der Waals surface area contributed by atoms with E-state index in [0.29, 0.717) is 10.8 Å². The van der Waals surface area contributed by atoms with Gasteiger partial charge in [-0.1, -0.05) is 11.6 Å². The molecule has 0 aliphatic rings. The fourth-order valence-electron chi connectivity index (χ4n) is 1.50. The highest BCUT2D eigenvalue weighted by atomic mass is 35.5. The summed E-state index contributed by atoms with van der Waals surface area (Å²) in [6.45, 7) is 0.478. The van der Waals surface area contributed by atoms with Crippen molar-refractivity contribution in [2.75, 3.05) is 13.2 Å². The minimum Gasteiger partial charge on any atom is -0.492 e. The zero-order valence-electron chi connectivity index (χ0n) is 10.7. The van der Waals surface area contributed by atoms with Crippen LogP contribution in [-0.2, 0) is 0 Å². The number of furan rings is 1. The molecule has 1 N–H and O–H groups in total. The lowest BCUT2D eigenvalue weighted by Crippen LogP contribution is -2.27. The van der Waals surface area contributed by atoms with E-state index < -0.39 is 16.7 Å². The number of ether oxygens (including phenoxy) is 1. The van der Waals surface area contributed by atoms with Crippen molar-refractivity contribution in [2.45, 2.75) is 0 Å². The average Bonchev–Trinajstić information content (AvgIpc) is 2.95. The monoisotopic (exact) mass is 310 g/mol. The number of benzene rings is 1. The largest absolute Gasteiger partial charge is 0.492 e. The van der Waals surface area contributed by atoms with E-state index >= 15 is 0 Å². The molecule has 0 atom stereocenters. The average molecular weight is 311 g/mol. The number of halogens is 1. The van der Waals surface area contributed by atoms with E-state index in [1.54, 1.807) is 24.3 Å². The van der Waals surface area contributed by atoms with Crippen LogP contribution in [0.4, 0.5) is 5.88 Å². The Morgan fingerprint density at radius 1 is 1.29 bits per heavy atom. The van der Waals surface area contributed by atoms with Gasteiger partial charge >= 0.3 is 5.88 Å². The Labute approximate surface area is 124 Å². The van der Waals surface area contributed by atoms with E-state index in [1.165, 1.54) is 6.07 Å². The molecule has 1 amide bonds. The number of nitro groups is 1. The Hall–Kier alpha value is -2.54. The van der Waals surface area contributed by atoms with E-state index in [4.69, 9.17) is 20.8 Å². The molecule has 21 heavy (non-hydrogen) atoms. The summed E-state index contributed by atoms with van der Waals surface area (Å²) in [7, 11) is 0. The van der Waals surface area contributed by atoms with Gasteiger partial charge in [-0.2, -0.15) is 0 Å². The molecule has 1 heterocycles. The van der Waals surface area contributed by atoms with Crippen LogP contribution in [0.5, 0.6) is 5.75 Å². The third kappa shape index (κ3) is 4.22. The Kier molecular flexibility index (Phi) is 4.78. The molecule has 0 radical (unpaired) electrons. The van der Waals surface area contributed by atoms with Crippen LogP contribution in [0.1, 0.15) is 10.6 Å². The Morgan fingerprint density at radius 3 is 2.62 bits per heavy atom. The van der Waals surface area contributed by atoms with Gasteiger partial charge in [-0.05, 0) is 30.3 Å². The maximum atomic E-state index is 11.6. The van der Waals surface area contributed by atoms with Crippen LogP contribution < -0.4 is 10.1 Å². The highest BCUT2D eigenvalue weighted by Crippen LogP contribution is 2.16. The second-order valence-electron chi connectivity index (χ2n) is 3.95. The molecule has 8 heteroatoms. The number of carbonyl (C=O) groups excluding carboxylic acids is 1. The maximum Gasteiger partial charge on any atom is 0.433 e. The van der Waals surface area contributed by atoms with Crippen molar-refractivity contribution in [1.82, 2.24) is 5.32 Å². The molecule has 0 aliphatic carbocycles. The van der Waals surface area contributed by atoms with Crippen LogP contribution in [-0.4, -0.2) is 24.0 Å². The lowest BCUT2D eigenvalue weighted by atomic mass is 10.3. The molecule has 1 aromatic heterocycles. The minimum absolute atomic E-state index is 0.117. The zero-order chi connectivity index (χ0) is 15.2. The van der Waals surface area contributed by atoms with Crippen molar-refractivity contribution in [3.05, 3.63) is 57.3 Å². The van der Waals surface area contributed by atoms with Crippen molar-refractivity contribution in [3.8, 4) is 5.75 Å². The zero-order valence-corrected chi connectivity index (χ0v) is 11.5.